The molecule has 0 saturated heterocycles. The summed E-state index contributed by atoms with van der Waals surface area (Å²) in [6.45, 7) is 1.98. The number of halogens is 1. The molecule has 1 aromatic rings. The zero-order valence-electron chi connectivity index (χ0n) is 15.4. The Labute approximate surface area is 162 Å². The van der Waals surface area contributed by atoms with Crippen molar-refractivity contribution in [3.05, 3.63) is 24.3 Å². The number of aliphatic hydroxyl groups is 1. The summed E-state index contributed by atoms with van der Waals surface area (Å²) in [5.74, 6) is 0.584. The van der Waals surface area contributed by atoms with Crippen molar-refractivity contribution in [3.63, 3.8) is 0 Å². The van der Waals surface area contributed by atoms with Gasteiger partial charge in [0.25, 0.3) is 0 Å². The van der Waals surface area contributed by atoms with Crippen molar-refractivity contribution in [1.29, 1.82) is 0 Å². The maximum Gasteiger partial charge on any atom is 0.229 e. The highest BCUT2D eigenvalue weighted by Crippen LogP contribution is 2.32. The molecule has 1 amide bonds. The van der Waals surface area contributed by atoms with Crippen LogP contribution in [0.15, 0.2) is 24.3 Å². The number of carbonyl (C=O) groups excluding carboxylic acids is 1. The summed E-state index contributed by atoms with van der Waals surface area (Å²) in [5, 5.41) is 13.0. The standard InChI is InChI=1S/C20H30N2O3.ClH/c1-20(21)13-5-4-6-16(20)19(24)22-14-9-11-15(12-10-14)25-18-8-3-2-7-17(18)23;/h9-12,16-18,23H,2-8,13,21H2,1H3,(H,22,24);1H. The van der Waals surface area contributed by atoms with E-state index in [9.17, 15) is 9.90 Å². The van der Waals surface area contributed by atoms with Gasteiger partial charge in [-0.3, -0.25) is 4.79 Å². The minimum Gasteiger partial charge on any atom is -0.488 e. The lowest BCUT2D eigenvalue weighted by atomic mass is 9.74. The average Bonchev–Trinajstić information content (AvgIpc) is 2.58. The zero-order valence-corrected chi connectivity index (χ0v) is 16.3. The molecule has 0 heterocycles. The van der Waals surface area contributed by atoms with Crippen LogP contribution in [0.2, 0.25) is 0 Å². The molecule has 6 heteroatoms. The largest absolute Gasteiger partial charge is 0.488 e. The van der Waals surface area contributed by atoms with Gasteiger partial charge in [0.05, 0.1) is 12.0 Å². The molecular weight excluding hydrogens is 352 g/mol. The smallest absolute Gasteiger partial charge is 0.229 e. The number of aliphatic hydroxyl groups excluding tert-OH is 1. The Morgan fingerprint density at radius 2 is 1.81 bits per heavy atom. The highest BCUT2D eigenvalue weighted by molar-refractivity contribution is 5.93. The van der Waals surface area contributed by atoms with Crippen molar-refractivity contribution < 1.29 is 14.6 Å². The van der Waals surface area contributed by atoms with E-state index in [1.807, 2.05) is 31.2 Å². The lowest BCUT2D eigenvalue weighted by molar-refractivity contribution is -0.122. The van der Waals surface area contributed by atoms with Crippen LogP contribution in [0.5, 0.6) is 5.75 Å². The van der Waals surface area contributed by atoms with E-state index in [0.29, 0.717) is 0 Å². The monoisotopic (exact) mass is 382 g/mol. The minimum absolute atomic E-state index is 0. The van der Waals surface area contributed by atoms with Gasteiger partial charge in [-0.1, -0.05) is 19.3 Å². The van der Waals surface area contributed by atoms with Gasteiger partial charge in [-0.25, -0.2) is 0 Å². The van der Waals surface area contributed by atoms with Gasteiger partial charge >= 0.3 is 0 Å². The van der Waals surface area contributed by atoms with Gasteiger partial charge in [0.2, 0.25) is 5.91 Å². The number of nitrogens with one attached hydrogen (secondary N) is 1. The van der Waals surface area contributed by atoms with Gasteiger partial charge in [-0.15, -0.1) is 12.4 Å². The second-order valence-electron chi connectivity index (χ2n) is 7.83. The van der Waals surface area contributed by atoms with Crippen molar-refractivity contribution in [2.24, 2.45) is 11.7 Å². The highest BCUT2D eigenvalue weighted by Gasteiger charge is 2.37. The number of hydrogen-bond acceptors (Lipinski definition) is 4. The molecule has 0 spiro atoms. The summed E-state index contributed by atoms with van der Waals surface area (Å²) >= 11 is 0. The quantitative estimate of drug-likeness (QED) is 0.742. The highest BCUT2D eigenvalue weighted by atomic mass is 35.5. The average molecular weight is 383 g/mol. The molecule has 2 fully saturated rings. The van der Waals surface area contributed by atoms with Crippen LogP contribution in [0.25, 0.3) is 0 Å². The second-order valence-corrected chi connectivity index (χ2v) is 7.83. The molecule has 5 nitrogen and oxygen atoms in total. The predicted molar refractivity (Wildman–Crippen MR) is 106 cm³/mol. The molecule has 2 saturated carbocycles. The maximum absolute atomic E-state index is 12.6. The van der Waals surface area contributed by atoms with Crippen LogP contribution in [0, 0.1) is 5.92 Å². The van der Waals surface area contributed by atoms with E-state index in [1.54, 1.807) is 0 Å². The summed E-state index contributed by atoms with van der Waals surface area (Å²) in [6, 6.07) is 7.39. The van der Waals surface area contributed by atoms with E-state index in [2.05, 4.69) is 5.32 Å². The number of hydrogen-bond donors (Lipinski definition) is 3. The third-order valence-corrected chi connectivity index (χ3v) is 5.65. The summed E-state index contributed by atoms with van der Waals surface area (Å²) < 4.78 is 5.89. The summed E-state index contributed by atoms with van der Waals surface area (Å²) in [6.07, 6.45) is 7.21. The Bertz CT molecular complexity index is 591. The van der Waals surface area contributed by atoms with Crippen molar-refractivity contribution >= 4 is 24.0 Å². The third kappa shape index (κ3) is 5.12. The van der Waals surface area contributed by atoms with Crippen molar-refractivity contribution in [1.82, 2.24) is 0 Å². The first-order valence-electron chi connectivity index (χ1n) is 9.50. The number of benzene rings is 1. The fraction of sp³-hybridized carbons (Fsp3) is 0.650. The van der Waals surface area contributed by atoms with Gasteiger partial charge in [-0.2, -0.15) is 0 Å². The second kappa shape index (κ2) is 9.07. The fourth-order valence-corrected chi connectivity index (χ4v) is 4.02. The van der Waals surface area contributed by atoms with Crippen LogP contribution in [0.1, 0.15) is 58.3 Å². The Morgan fingerprint density at radius 3 is 2.46 bits per heavy atom. The Morgan fingerprint density at radius 1 is 1.15 bits per heavy atom. The number of rotatable bonds is 4. The first kappa shape index (κ1) is 21.0. The van der Waals surface area contributed by atoms with Crippen LogP contribution in [-0.4, -0.2) is 28.8 Å². The van der Waals surface area contributed by atoms with E-state index >= 15 is 0 Å². The summed E-state index contributed by atoms with van der Waals surface area (Å²) in [7, 11) is 0. The predicted octanol–water partition coefficient (Wildman–Crippen LogP) is 3.64. The molecule has 0 aliphatic heterocycles. The molecular formula is C20H31ClN2O3. The molecule has 0 aromatic heterocycles. The zero-order chi connectivity index (χ0) is 17.9. The molecule has 2 aliphatic rings. The van der Waals surface area contributed by atoms with Crippen LogP contribution in [-0.2, 0) is 4.79 Å². The number of ether oxygens (including phenoxy) is 1. The lowest BCUT2D eigenvalue weighted by Gasteiger charge is -2.37. The Hall–Kier alpha value is -1.30. The van der Waals surface area contributed by atoms with E-state index in [0.717, 1.165) is 62.8 Å². The van der Waals surface area contributed by atoms with Crippen LogP contribution < -0.4 is 15.8 Å². The Kier molecular flexibility index (Phi) is 7.33. The van der Waals surface area contributed by atoms with Gasteiger partial charge in [0, 0.05) is 11.2 Å². The molecule has 0 bridgehead atoms. The van der Waals surface area contributed by atoms with Crippen molar-refractivity contribution in [2.75, 3.05) is 5.32 Å². The first-order chi connectivity index (χ1) is 12.0. The molecule has 4 N–H and O–H groups in total. The number of anilines is 1. The molecule has 4 atom stereocenters. The van der Waals surface area contributed by atoms with Crippen molar-refractivity contribution in [2.45, 2.75) is 76.0 Å². The first-order valence-corrected chi connectivity index (χ1v) is 9.50. The van der Waals surface area contributed by atoms with Gasteiger partial charge in [0.1, 0.15) is 11.9 Å². The molecule has 146 valence electrons. The normalized spacial score (nSPS) is 31.6. The minimum atomic E-state index is -0.428. The molecule has 0 radical (unpaired) electrons. The lowest BCUT2D eigenvalue weighted by Crippen LogP contribution is -2.51. The fourth-order valence-electron chi connectivity index (χ4n) is 4.02. The Balaban J connectivity index is 0.00000243. The third-order valence-electron chi connectivity index (χ3n) is 5.65. The van der Waals surface area contributed by atoms with E-state index in [-0.39, 0.29) is 36.4 Å². The molecule has 1 aromatic carbocycles. The summed E-state index contributed by atoms with van der Waals surface area (Å²) in [4.78, 5) is 12.6. The number of carbonyl (C=O) groups is 1. The number of amides is 1. The van der Waals surface area contributed by atoms with Gasteiger partial charge < -0.3 is 20.9 Å². The van der Waals surface area contributed by atoms with E-state index < -0.39 is 5.54 Å². The van der Waals surface area contributed by atoms with Crippen LogP contribution in [0.3, 0.4) is 0 Å². The molecule has 3 rings (SSSR count). The van der Waals surface area contributed by atoms with E-state index in [1.165, 1.54) is 0 Å². The summed E-state index contributed by atoms with van der Waals surface area (Å²) in [5.41, 5.74) is 6.64. The van der Waals surface area contributed by atoms with Gasteiger partial charge in [0.15, 0.2) is 0 Å². The van der Waals surface area contributed by atoms with E-state index in [4.69, 9.17) is 10.5 Å². The van der Waals surface area contributed by atoms with Crippen molar-refractivity contribution in [3.8, 4) is 5.75 Å². The topological polar surface area (TPSA) is 84.6 Å². The van der Waals surface area contributed by atoms with Gasteiger partial charge in [-0.05, 0) is 63.3 Å². The molecule has 2 aliphatic carbocycles. The SMILES string of the molecule is CC1(N)CCCCC1C(=O)Nc1ccc(OC2CCCCC2O)cc1.Cl. The molecule has 26 heavy (non-hydrogen) atoms. The number of nitrogens with two attached hydrogens (primary N) is 1. The maximum atomic E-state index is 12.6. The van der Waals surface area contributed by atoms with Crippen LogP contribution >= 0.6 is 12.4 Å². The van der Waals surface area contributed by atoms with Crippen LogP contribution in [0.4, 0.5) is 5.69 Å². The molecule has 4 unspecified atom stereocenters.